The third kappa shape index (κ3) is 4.32. The molecule has 4 aromatic rings. The van der Waals surface area contributed by atoms with Crippen molar-refractivity contribution < 1.29 is 14.4 Å². The van der Waals surface area contributed by atoms with Gasteiger partial charge in [-0.15, -0.1) is 0 Å². The summed E-state index contributed by atoms with van der Waals surface area (Å²) in [6.07, 6.45) is 4.79. The van der Waals surface area contributed by atoms with Gasteiger partial charge in [0, 0.05) is 59.8 Å². The number of amides is 2. The number of carbonyl (C=O) groups is 3. The summed E-state index contributed by atoms with van der Waals surface area (Å²) >= 11 is 0. The van der Waals surface area contributed by atoms with E-state index in [9.17, 15) is 14.4 Å². The highest BCUT2D eigenvalue weighted by atomic mass is 16.2. The number of anilines is 3. The third-order valence-electron chi connectivity index (χ3n) is 5.55. The van der Waals surface area contributed by atoms with Crippen LogP contribution in [0.2, 0.25) is 0 Å². The van der Waals surface area contributed by atoms with Crippen molar-refractivity contribution in [1.29, 1.82) is 0 Å². The zero-order valence-corrected chi connectivity index (χ0v) is 18.9. The maximum absolute atomic E-state index is 13.3. The van der Waals surface area contributed by atoms with Gasteiger partial charge in [0.15, 0.2) is 11.6 Å². The molecule has 0 radical (unpaired) electrons. The lowest BCUT2D eigenvalue weighted by Crippen LogP contribution is -2.17. The Morgan fingerprint density at radius 3 is 2.66 bits per heavy atom. The second kappa shape index (κ2) is 8.75. The van der Waals surface area contributed by atoms with Crippen LogP contribution in [0.15, 0.2) is 67.1 Å². The Bertz CT molecular complexity index is 1510. The van der Waals surface area contributed by atoms with Gasteiger partial charge in [-0.2, -0.15) is 5.10 Å². The molecule has 0 aliphatic carbocycles. The molecule has 10 heteroatoms. The van der Waals surface area contributed by atoms with Gasteiger partial charge < -0.3 is 20.5 Å². The van der Waals surface area contributed by atoms with Crippen LogP contribution in [0, 0.1) is 6.92 Å². The standard InChI is InChI=1S/C25H21N7O3/c1-14-10-21(31-30-14)27-13-19-18-12-16(6-7-20(18)29-24(19)34)22(33)15-4-3-5-17(11-15)28-25(35)23-26-8-9-32(23)2/h3-13H,1-2H3,(H,28,35)(H,29,34)(H2,27,30,31)/b19-13-. The Morgan fingerprint density at radius 2 is 1.91 bits per heavy atom. The van der Waals surface area contributed by atoms with E-state index in [1.165, 1.54) is 6.20 Å². The number of imidazole rings is 1. The SMILES string of the molecule is Cc1cc(N/C=C2\C(=O)Nc3ccc(C(=O)c4cccc(NC(=O)c5nccn5C)c4)cc32)[nH]n1. The number of rotatable bonds is 6. The predicted octanol–water partition coefficient (Wildman–Crippen LogP) is 3.34. The summed E-state index contributed by atoms with van der Waals surface area (Å²) in [4.78, 5) is 42.3. The molecule has 0 atom stereocenters. The second-order valence-electron chi connectivity index (χ2n) is 8.07. The molecule has 0 spiro atoms. The Kier molecular flexibility index (Phi) is 5.46. The summed E-state index contributed by atoms with van der Waals surface area (Å²) < 4.78 is 1.61. The third-order valence-corrected chi connectivity index (χ3v) is 5.55. The van der Waals surface area contributed by atoms with E-state index in [0.29, 0.717) is 39.5 Å². The van der Waals surface area contributed by atoms with Crippen molar-refractivity contribution in [1.82, 2.24) is 19.7 Å². The minimum atomic E-state index is -0.376. The lowest BCUT2D eigenvalue weighted by Gasteiger charge is -2.08. The van der Waals surface area contributed by atoms with Crippen molar-refractivity contribution in [3.63, 3.8) is 0 Å². The van der Waals surface area contributed by atoms with E-state index in [4.69, 9.17) is 0 Å². The Morgan fingerprint density at radius 1 is 1.09 bits per heavy atom. The molecular formula is C25H21N7O3. The van der Waals surface area contributed by atoms with Crippen LogP contribution in [0.3, 0.4) is 0 Å². The Labute approximate surface area is 200 Å². The lowest BCUT2D eigenvalue weighted by atomic mass is 9.98. The topological polar surface area (TPSA) is 134 Å². The number of ketones is 1. The number of aromatic amines is 1. The van der Waals surface area contributed by atoms with Crippen LogP contribution < -0.4 is 16.0 Å². The average Bonchev–Trinajstić information content (AvgIpc) is 3.55. The molecule has 2 aromatic carbocycles. The van der Waals surface area contributed by atoms with Gasteiger partial charge in [0.05, 0.1) is 11.3 Å². The van der Waals surface area contributed by atoms with Crippen molar-refractivity contribution in [2.24, 2.45) is 7.05 Å². The van der Waals surface area contributed by atoms with Crippen molar-refractivity contribution in [2.45, 2.75) is 6.92 Å². The first-order valence-electron chi connectivity index (χ1n) is 10.8. The van der Waals surface area contributed by atoms with Gasteiger partial charge in [0.25, 0.3) is 11.8 Å². The first kappa shape index (κ1) is 21.8. The van der Waals surface area contributed by atoms with E-state index in [2.05, 4.69) is 31.1 Å². The quantitative estimate of drug-likeness (QED) is 0.254. The monoisotopic (exact) mass is 467 g/mol. The summed E-state index contributed by atoms with van der Waals surface area (Å²) in [5.74, 6) is 0.0200. The van der Waals surface area contributed by atoms with Gasteiger partial charge in [0.2, 0.25) is 0 Å². The molecule has 35 heavy (non-hydrogen) atoms. The largest absolute Gasteiger partial charge is 0.346 e. The van der Waals surface area contributed by atoms with Crippen LogP contribution in [-0.2, 0) is 11.8 Å². The van der Waals surface area contributed by atoms with E-state index in [1.807, 2.05) is 13.0 Å². The molecule has 3 heterocycles. The predicted molar refractivity (Wildman–Crippen MR) is 131 cm³/mol. The number of aromatic nitrogens is 4. The number of benzene rings is 2. The van der Waals surface area contributed by atoms with E-state index >= 15 is 0 Å². The maximum Gasteiger partial charge on any atom is 0.291 e. The number of H-pyrrole nitrogens is 1. The van der Waals surface area contributed by atoms with Crippen molar-refractivity contribution in [3.05, 3.63) is 95.3 Å². The van der Waals surface area contributed by atoms with Gasteiger partial charge in [-0.05, 0) is 37.3 Å². The first-order chi connectivity index (χ1) is 16.9. The number of hydrogen-bond acceptors (Lipinski definition) is 6. The molecule has 0 bridgehead atoms. The van der Waals surface area contributed by atoms with Crippen LogP contribution in [0.25, 0.3) is 5.57 Å². The zero-order chi connectivity index (χ0) is 24.5. The number of hydrogen-bond donors (Lipinski definition) is 4. The number of aryl methyl sites for hydroxylation is 2. The summed E-state index contributed by atoms with van der Waals surface area (Å²) in [6, 6.07) is 13.5. The van der Waals surface area contributed by atoms with Crippen LogP contribution in [0.5, 0.6) is 0 Å². The molecule has 0 saturated heterocycles. The van der Waals surface area contributed by atoms with E-state index < -0.39 is 0 Å². The summed E-state index contributed by atoms with van der Waals surface area (Å²) in [5.41, 5.74) is 3.74. The lowest BCUT2D eigenvalue weighted by molar-refractivity contribution is -0.110. The number of nitrogens with one attached hydrogen (secondary N) is 4. The number of carbonyl (C=O) groups excluding carboxylic acids is 3. The highest BCUT2D eigenvalue weighted by Crippen LogP contribution is 2.33. The first-order valence-corrected chi connectivity index (χ1v) is 10.8. The minimum Gasteiger partial charge on any atom is -0.346 e. The molecule has 5 rings (SSSR count). The Hall–Kier alpha value is -4.99. The van der Waals surface area contributed by atoms with Crippen molar-refractivity contribution in [3.8, 4) is 0 Å². The van der Waals surface area contributed by atoms with E-state index in [-0.39, 0.29) is 23.4 Å². The van der Waals surface area contributed by atoms with Gasteiger partial charge in [0.1, 0.15) is 5.82 Å². The second-order valence-corrected chi connectivity index (χ2v) is 8.07. The fourth-order valence-corrected chi connectivity index (χ4v) is 3.79. The van der Waals surface area contributed by atoms with Crippen LogP contribution in [0.1, 0.15) is 37.8 Å². The fourth-order valence-electron chi connectivity index (χ4n) is 3.79. The molecule has 1 aliphatic heterocycles. The normalized spacial score (nSPS) is 13.4. The molecule has 1 aliphatic rings. The highest BCUT2D eigenvalue weighted by Gasteiger charge is 2.25. The summed E-state index contributed by atoms with van der Waals surface area (Å²) in [7, 11) is 1.73. The van der Waals surface area contributed by atoms with Gasteiger partial charge in [-0.3, -0.25) is 19.5 Å². The van der Waals surface area contributed by atoms with Crippen molar-refractivity contribution >= 4 is 40.4 Å². The molecule has 2 amide bonds. The maximum atomic E-state index is 13.3. The van der Waals surface area contributed by atoms with E-state index in [0.717, 1.165) is 5.69 Å². The van der Waals surface area contributed by atoms with Gasteiger partial charge in [-0.25, -0.2) is 4.98 Å². The molecule has 4 N–H and O–H groups in total. The minimum absolute atomic E-state index is 0.239. The van der Waals surface area contributed by atoms with Crippen molar-refractivity contribution in [2.75, 3.05) is 16.0 Å². The molecule has 2 aromatic heterocycles. The molecule has 0 saturated carbocycles. The molecular weight excluding hydrogens is 446 g/mol. The fraction of sp³-hybridized carbons (Fsp3) is 0.0800. The van der Waals surface area contributed by atoms with Crippen LogP contribution in [-0.4, -0.2) is 37.3 Å². The number of fused-ring (bicyclic) bond motifs is 1. The van der Waals surface area contributed by atoms with Crippen LogP contribution in [0.4, 0.5) is 17.2 Å². The molecule has 10 nitrogen and oxygen atoms in total. The molecule has 174 valence electrons. The van der Waals surface area contributed by atoms with Gasteiger partial charge >= 0.3 is 0 Å². The molecule has 0 unspecified atom stereocenters. The Balaban J connectivity index is 1.39. The molecule has 0 fully saturated rings. The smallest absolute Gasteiger partial charge is 0.291 e. The number of nitrogens with zero attached hydrogens (tertiary/aromatic N) is 3. The van der Waals surface area contributed by atoms with Gasteiger partial charge in [-0.1, -0.05) is 12.1 Å². The zero-order valence-electron chi connectivity index (χ0n) is 18.9. The van der Waals surface area contributed by atoms with E-state index in [1.54, 1.807) is 66.5 Å². The summed E-state index contributed by atoms with van der Waals surface area (Å²) in [5, 5.41) is 15.5. The summed E-state index contributed by atoms with van der Waals surface area (Å²) in [6.45, 7) is 1.85. The highest BCUT2D eigenvalue weighted by molar-refractivity contribution is 6.32. The van der Waals surface area contributed by atoms with Crippen LogP contribution >= 0.6 is 0 Å². The average molecular weight is 467 g/mol.